The van der Waals surface area contributed by atoms with E-state index < -0.39 is 10.0 Å². The molecule has 0 aromatic heterocycles. The SMILES string of the molecule is Cc1ccc(C)c(S(=O)(=O)N2CCN(C(=O)C3CC(=O)N(Cc4ccccc4)C3)CC2)c1. The monoisotopic (exact) mass is 455 g/mol. The summed E-state index contributed by atoms with van der Waals surface area (Å²) < 4.78 is 27.7. The second-order valence-electron chi connectivity index (χ2n) is 8.66. The van der Waals surface area contributed by atoms with Gasteiger partial charge in [0.2, 0.25) is 21.8 Å². The number of carbonyl (C=O) groups is 2. The molecule has 2 saturated heterocycles. The zero-order chi connectivity index (χ0) is 22.9. The Labute approximate surface area is 189 Å². The summed E-state index contributed by atoms with van der Waals surface area (Å²) in [5.41, 5.74) is 2.66. The van der Waals surface area contributed by atoms with Gasteiger partial charge in [-0.05, 0) is 36.6 Å². The van der Waals surface area contributed by atoms with E-state index in [1.807, 2.05) is 49.4 Å². The Kier molecular flexibility index (Phi) is 6.35. The van der Waals surface area contributed by atoms with Crippen LogP contribution in [0.15, 0.2) is 53.4 Å². The van der Waals surface area contributed by atoms with Gasteiger partial charge in [-0.3, -0.25) is 9.59 Å². The molecule has 0 N–H and O–H groups in total. The fourth-order valence-electron chi connectivity index (χ4n) is 4.43. The number of likely N-dealkylation sites (tertiary alicyclic amines) is 1. The van der Waals surface area contributed by atoms with E-state index in [4.69, 9.17) is 0 Å². The van der Waals surface area contributed by atoms with Crippen LogP contribution in [0, 0.1) is 19.8 Å². The molecule has 7 nitrogen and oxygen atoms in total. The normalized spacial score (nSPS) is 20.1. The number of rotatable bonds is 5. The first-order valence-corrected chi connectivity index (χ1v) is 12.4. The van der Waals surface area contributed by atoms with E-state index in [2.05, 4.69) is 0 Å². The molecule has 32 heavy (non-hydrogen) atoms. The van der Waals surface area contributed by atoms with Gasteiger partial charge in [0.15, 0.2) is 0 Å². The molecule has 0 bridgehead atoms. The van der Waals surface area contributed by atoms with Crippen molar-refractivity contribution >= 4 is 21.8 Å². The smallest absolute Gasteiger partial charge is 0.243 e. The first kappa shape index (κ1) is 22.5. The Morgan fingerprint density at radius 3 is 2.38 bits per heavy atom. The quantitative estimate of drug-likeness (QED) is 0.692. The van der Waals surface area contributed by atoms with Gasteiger partial charge in [0.1, 0.15) is 0 Å². The Balaban J connectivity index is 1.36. The number of hydrogen-bond acceptors (Lipinski definition) is 4. The fraction of sp³-hybridized carbons (Fsp3) is 0.417. The van der Waals surface area contributed by atoms with Crippen molar-refractivity contribution < 1.29 is 18.0 Å². The lowest BCUT2D eigenvalue weighted by Crippen LogP contribution is -2.52. The summed E-state index contributed by atoms with van der Waals surface area (Å²) in [6.45, 7) is 5.78. The van der Waals surface area contributed by atoms with Crippen molar-refractivity contribution in [1.29, 1.82) is 0 Å². The largest absolute Gasteiger partial charge is 0.340 e. The second kappa shape index (κ2) is 9.03. The molecule has 170 valence electrons. The molecule has 1 unspecified atom stereocenters. The topological polar surface area (TPSA) is 78.0 Å². The van der Waals surface area contributed by atoms with E-state index >= 15 is 0 Å². The Morgan fingerprint density at radius 1 is 1.00 bits per heavy atom. The average molecular weight is 456 g/mol. The predicted octanol–water partition coefficient (Wildman–Crippen LogP) is 2.19. The van der Waals surface area contributed by atoms with Crippen molar-refractivity contribution in [2.75, 3.05) is 32.7 Å². The number of amides is 2. The second-order valence-corrected chi connectivity index (χ2v) is 10.6. The molecule has 4 rings (SSSR count). The van der Waals surface area contributed by atoms with Crippen LogP contribution in [0.25, 0.3) is 0 Å². The molecule has 8 heteroatoms. The molecular weight excluding hydrogens is 426 g/mol. The molecule has 0 spiro atoms. The minimum atomic E-state index is -3.60. The van der Waals surface area contributed by atoms with Crippen LogP contribution in [0.2, 0.25) is 0 Å². The molecule has 1 atom stereocenters. The van der Waals surface area contributed by atoms with Gasteiger partial charge < -0.3 is 9.80 Å². The maximum atomic E-state index is 13.1. The first-order chi connectivity index (χ1) is 15.3. The van der Waals surface area contributed by atoms with Gasteiger partial charge in [0.05, 0.1) is 10.8 Å². The van der Waals surface area contributed by atoms with Crippen molar-refractivity contribution in [3.05, 3.63) is 65.2 Å². The van der Waals surface area contributed by atoms with Crippen LogP contribution >= 0.6 is 0 Å². The van der Waals surface area contributed by atoms with Gasteiger partial charge in [0.25, 0.3) is 0 Å². The highest BCUT2D eigenvalue weighted by atomic mass is 32.2. The Bertz CT molecular complexity index is 1110. The Hall–Kier alpha value is -2.71. The molecule has 2 fully saturated rings. The molecular formula is C24H29N3O4S. The first-order valence-electron chi connectivity index (χ1n) is 10.9. The number of aryl methyl sites for hydroxylation is 2. The van der Waals surface area contributed by atoms with Crippen molar-refractivity contribution in [1.82, 2.24) is 14.1 Å². The third-order valence-corrected chi connectivity index (χ3v) is 8.33. The number of carbonyl (C=O) groups excluding carboxylic acids is 2. The zero-order valence-corrected chi connectivity index (χ0v) is 19.3. The average Bonchev–Trinajstić information content (AvgIpc) is 3.15. The fourth-order valence-corrected chi connectivity index (χ4v) is 6.16. The number of hydrogen-bond donors (Lipinski definition) is 0. The minimum absolute atomic E-state index is 0.0108. The highest BCUT2D eigenvalue weighted by Gasteiger charge is 2.38. The van der Waals surface area contributed by atoms with E-state index in [1.165, 1.54) is 4.31 Å². The molecule has 0 saturated carbocycles. The maximum Gasteiger partial charge on any atom is 0.243 e. The third kappa shape index (κ3) is 4.56. The molecule has 2 aliphatic heterocycles. The number of sulfonamides is 1. The highest BCUT2D eigenvalue weighted by Crippen LogP contribution is 2.25. The molecule has 2 amide bonds. The Morgan fingerprint density at radius 2 is 1.69 bits per heavy atom. The van der Waals surface area contributed by atoms with Crippen LogP contribution < -0.4 is 0 Å². The predicted molar refractivity (Wildman–Crippen MR) is 121 cm³/mol. The van der Waals surface area contributed by atoms with Crippen molar-refractivity contribution in [2.45, 2.75) is 31.7 Å². The van der Waals surface area contributed by atoms with Crippen LogP contribution in [-0.4, -0.2) is 67.1 Å². The number of benzene rings is 2. The summed E-state index contributed by atoms with van der Waals surface area (Å²) >= 11 is 0. The minimum Gasteiger partial charge on any atom is -0.340 e. The number of piperazine rings is 1. The summed E-state index contributed by atoms with van der Waals surface area (Å²) in [5, 5.41) is 0. The van der Waals surface area contributed by atoms with Crippen LogP contribution in [0.1, 0.15) is 23.1 Å². The van der Waals surface area contributed by atoms with Gasteiger partial charge in [0, 0.05) is 45.7 Å². The summed E-state index contributed by atoms with van der Waals surface area (Å²) in [4.78, 5) is 29.3. The van der Waals surface area contributed by atoms with E-state index in [9.17, 15) is 18.0 Å². The van der Waals surface area contributed by atoms with Crippen molar-refractivity contribution in [3.63, 3.8) is 0 Å². The van der Waals surface area contributed by atoms with Crippen molar-refractivity contribution in [3.8, 4) is 0 Å². The highest BCUT2D eigenvalue weighted by molar-refractivity contribution is 7.89. The summed E-state index contributed by atoms with van der Waals surface area (Å²) in [5.74, 6) is -0.436. The van der Waals surface area contributed by atoms with Crippen LogP contribution in [0.4, 0.5) is 0 Å². The van der Waals surface area contributed by atoms with Gasteiger partial charge in [-0.2, -0.15) is 4.31 Å². The van der Waals surface area contributed by atoms with Crippen LogP contribution in [0.3, 0.4) is 0 Å². The van der Waals surface area contributed by atoms with Gasteiger partial charge >= 0.3 is 0 Å². The van der Waals surface area contributed by atoms with E-state index in [-0.39, 0.29) is 37.2 Å². The summed E-state index contributed by atoms with van der Waals surface area (Å²) in [6, 6.07) is 15.2. The van der Waals surface area contributed by atoms with E-state index in [1.54, 1.807) is 22.8 Å². The summed E-state index contributed by atoms with van der Waals surface area (Å²) in [7, 11) is -3.60. The third-order valence-electron chi connectivity index (χ3n) is 6.29. The molecule has 2 aromatic rings. The van der Waals surface area contributed by atoms with Crippen LogP contribution in [-0.2, 0) is 26.2 Å². The maximum absolute atomic E-state index is 13.1. The van der Waals surface area contributed by atoms with Crippen molar-refractivity contribution in [2.24, 2.45) is 5.92 Å². The van der Waals surface area contributed by atoms with Crippen LogP contribution in [0.5, 0.6) is 0 Å². The lowest BCUT2D eigenvalue weighted by Gasteiger charge is -2.35. The molecule has 0 radical (unpaired) electrons. The summed E-state index contributed by atoms with van der Waals surface area (Å²) in [6.07, 6.45) is 0.215. The molecule has 2 heterocycles. The zero-order valence-electron chi connectivity index (χ0n) is 18.5. The van der Waals surface area contributed by atoms with Gasteiger partial charge in [-0.25, -0.2) is 8.42 Å². The molecule has 2 aliphatic rings. The lowest BCUT2D eigenvalue weighted by molar-refractivity contribution is -0.137. The van der Waals surface area contributed by atoms with Gasteiger partial charge in [-0.1, -0.05) is 42.5 Å². The van der Waals surface area contributed by atoms with E-state index in [0.717, 1.165) is 16.7 Å². The standard InChI is InChI=1S/C24H29N3O4S/c1-18-8-9-19(2)22(14-18)32(30,31)27-12-10-25(11-13-27)24(29)21-15-23(28)26(17-21)16-20-6-4-3-5-7-20/h3-9,14,21H,10-13,15-17H2,1-2H3. The van der Waals surface area contributed by atoms with Gasteiger partial charge in [-0.15, -0.1) is 0 Å². The molecule has 2 aromatic carbocycles. The number of nitrogens with zero attached hydrogens (tertiary/aromatic N) is 3. The lowest BCUT2D eigenvalue weighted by atomic mass is 10.1. The molecule has 0 aliphatic carbocycles. The van der Waals surface area contributed by atoms with E-state index in [0.29, 0.717) is 31.1 Å².